The summed E-state index contributed by atoms with van der Waals surface area (Å²) in [4.78, 5) is 51.8. The molecule has 1 aliphatic heterocycles. The predicted octanol–water partition coefficient (Wildman–Crippen LogP) is 5.96. The zero-order valence-corrected chi connectivity index (χ0v) is 27.1. The number of benzene rings is 1. The van der Waals surface area contributed by atoms with E-state index in [-0.39, 0.29) is 47.0 Å². The van der Waals surface area contributed by atoms with Crippen molar-refractivity contribution < 1.29 is 28.3 Å². The van der Waals surface area contributed by atoms with E-state index in [2.05, 4.69) is 45.2 Å². The number of fused-ring (bicyclic) bond motifs is 1. The number of rotatable bonds is 6. The maximum atomic E-state index is 13.2. The van der Waals surface area contributed by atoms with Gasteiger partial charge in [-0.2, -0.15) is 0 Å². The van der Waals surface area contributed by atoms with Crippen molar-refractivity contribution in [1.82, 2.24) is 10.2 Å². The van der Waals surface area contributed by atoms with Crippen LogP contribution in [0.1, 0.15) is 102 Å². The number of hydrogen-bond acceptors (Lipinski definition) is 6. The highest BCUT2D eigenvalue weighted by atomic mass is 28.4. The van der Waals surface area contributed by atoms with Gasteiger partial charge in [0.2, 0.25) is 0 Å². The molecule has 8 nitrogen and oxygen atoms in total. The van der Waals surface area contributed by atoms with E-state index < -0.39 is 26.1 Å². The second kappa shape index (κ2) is 11.6. The van der Waals surface area contributed by atoms with E-state index in [9.17, 15) is 19.2 Å². The Morgan fingerprint density at radius 1 is 1.05 bits per heavy atom. The molecule has 41 heavy (non-hydrogen) atoms. The van der Waals surface area contributed by atoms with Gasteiger partial charge in [-0.3, -0.25) is 14.4 Å². The van der Waals surface area contributed by atoms with E-state index in [1.165, 1.54) is 0 Å². The van der Waals surface area contributed by atoms with Crippen LogP contribution in [0.15, 0.2) is 18.2 Å². The van der Waals surface area contributed by atoms with Gasteiger partial charge in [-0.05, 0) is 94.1 Å². The molecule has 0 saturated heterocycles. The van der Waals surface area contributed by atoms with Crippen LogP contribution in [-0.2, 0) is 31.7 Å². The van der Waals surface area contributed by atoms with Gasteiger partial charge in [-0.15, -0.1) is 0 Å². The van der Waals surface area contributed by atoms with Crippen molar-refractivity contribution in [3.8, 4) is 0 Å². The monoisotopic (exact) mass is 584 g/mol. The van der Waals surface area contributed by atoms with E-state index in [0.29, 0.717) is 24.9 Å². The van der Waals surface area contributed by atoms with Gasteiger partial charge in [0.25, 0.3) is 5.91 Å². The molecule has 1 aromatic rings. The van der Waals surface area contributed by atoms with Gasteiger partial charge in [0, 0.05) is 30.7 Å². The standard InChI is InChI=1S/C32H48N2O6Si/c1-31(2,3)39-30(38)33-26-13-11-24(40-41(7,8)32(4,5)6)17-21(26)15-20-9-12-25-22(16-20)19-34(29(25)37)27-14-10-23(35)18-28(27)36/h9,12,16,21,24,26-27H,10-11,13-15,17-19H2,1-8H3,(H,33,38)/t21-,24-,26-,27-/m0/s1. The average molecular weight is 585 g/mol. The van der Waals surface area contributed by atoms with E-state index in [1.54, 1.807) is 4.90 Å². The Morgan fingerprint density at radius 2 is 1.76 bits per heavy atom. The summed E-state index contributed by atoms with van der Waals surface area (Å²) in [5, 5.41) is 3.26. The normalized spacial score (nSPS) is 25.8. The van der Waals surface area contributed by atoms with Crippen molar-refractivity contribution in [3.05, 3.63) is 34.9 Å². The first-order valence-corrected chi connectivity index (χ1v) is 18.0. The second-order valence-electron chi connectivity index (χ2n) is 14.7. The number of alkyl carbamates (subject to hydrolysis) is 1. The fraction of sp³-hybridized carbons (Fsp3) is 0.688. The first kappa shape index (κ1) is 31.4. The molecule has 0 unspecified atom stereocenters. The minimum absolute atomic E-state index is 0.0458. The molecule has 2 saturated carbocycles. The molecular weight excluding hydrogens is 536 g/mol. The van der Waals surface area contributed by atoms with E-state index in [0.717, 1.165) is 36.8 Å². The molecule has 4 rings (SSSR count). The molecule has 2 amide bonds. The van der Waals surface area contributed by atoms with Crippen molar-refractivity contribution >= 4 is 31.9 Å². The van der Waals surface area contributed by atoms with Crippen molar-refractivity contribution in [2.75, 3.05) is 0 Å². The van der Waals surface area contributed by atoms with Crippen LogP contribution in [0.3, 0.4) is 0 Å². The van der Waals surface area contributed by atoms with Crippen LogP contribution in [0.5, 0.6) is 0 Å². The summed E-state index contributed by atoms with van der Waals surface area (Å²) in [5.74, 6) is -0.198. The van der Waals surface area contributed by atoms with E-state index in [1.807, 2.05) is 32.9 Å². The highest BCUT2D eigenvalue weighted by Gasteiger charge is 2.42. The third-order valence-electron chi connectivity index (χ3n) is 9.22. The van der Waals surface area contributed by atoms with Gasteiger partial charge in [-0.1, -0.05) is 32.9 Å². The van der Waals surface area contributed by atoms with Gasteiger partial charge in [0.15, 0.2) is 14.1 Å². The van der Waals surface area contributed by atoms with Crippen LogP contribution in [0.25, 0.3) is 0 Å². The number of Topliss-reactive ketones (excluding diaryl/α,β-unsaturated/α-hetero) is 2. The number of carbonyl (C=O) groups excluding carboxylic acids is 4. The third-order valence-corrected chi connectivity index (χ3v) is 13.8. The van der Waals surface area contributed by atoms with Crippen molar-refractivity contribution in [1.29, 1.82) is 0 Å². The molecule has 0 spiro atoms. The van der Waals surface area contributed by atoms with Gasteiger partial charge in [0.05, 0.1) is 12.5 Å². The van der Waals surface area contributed by atoms with E-state index in [4.69, 9.17) is 9.16 Å². The lowest BCUT2D eigenvalue weighted by Gasteiger charge is -2.43. The van der Waals surface area contributed by atoms with Crippen LogP contribution in [-0.4, -0.2) is 60.6 Å². The quantitative estimate of drug-likeness (QED) is 0.327. The van der Waals surface area contributed by atoms with Crippen LogP contribution < -0.4 is 5.32 Å². The van der Waals surface area contributed by atoms with Gasteiger partial charge in [-0.25, -0.2) is 4.79 Å². The number of nitrogens with zero attached hydrogens (tertiary/aromatic N) is 1. The summed E-state index contributed by atoms with van der Waals surface area (Å²) in [6, 6.07) is 5.37. The van der Waals surface area contributed by atoms with Crippen molar-refractivity contribution in [3.63, 3.8) is 0 Å². The molecule has 0 aromatic heterocycles. The smallest absolute Gasteiger partial charge is 0.407 e. The van der Waals surface area contributed by atoms with Gasteiger partial charge in [0.1, 0.15) is 11.4 Å². The number of nitrogens with one attached hydrogen (secondary N) is 1. The van der Waals surface area contributed by atoms with Crippen LogP contribution >= 0.6 is 0 Å². The van der Waals surface area contributed by atoms with Crippen LogP contribution in [0, 0.1) is 5.92 Å². The van der Waals surface area contributed by atoms with E-state index >= 15 is 0 Å². The lowest BCUT2D eigenvalue weighted by atomic mass is 9.79. The highest BCUT2D eigenvalue weighted by Crippen LogP contribution is 2.40. The summed E-state index contributed by atoms with van der Waals surface area (Å²) in [6.07, 6.45) is 3.65. The number of amides is 2. The lowest BCUT2D eigenvalue weighted by Crippen LogP contribution is -2.50. The molecule has 2 fully saturated rings. The molecule has 1 aromatic carbocycles. The van der Waals surface area contributed by atoms with Crippen LogP contribution in [0.4, 0.5) is 4.79 Å². The molecule has 1 heterocycles. The highest BCUT2D eigenvalue weighted by molar-refractivity contribution is 6.74. The maximum absolute atomic E-state index is 13.2. The van der Waals surface area contributed by atoms with Gasteiger partial charge >= 0.3 is 6.09 Å². The predicted molar refractivity (Wildman–Crippen MR) is 160 cm³/mol. The number of ether oxygens (including phenoxy) is 1. The Bertz CT molecular complexity index is 1200. The largest absolute Gasteiger partial charge is 0.444 e. The molecule has 4 atom stereocenters. The zero-order valence-electron chi connectivity index (χ0n) is 26.1. The second-order valence-corrected chi connectivity index (χ2v) is 19.4. The Balaban J connectivity index is 1.51. The third kappa shape index (κ3) is 7.47. The van der Waals surface area contributed by atoms with Crippen molar-refractivity contribution in [2.24, 2.45) is 5.92 Å². The summed E-state index contributed by atoms with van der Waals surface area (Å²) >= 11 is 0. The number of carbonyl (C=O) groups is 4. The molecule has 226 valence electrons. The summed E-state index contributed by atoms with van der Waals surface area (Å²) < 4.78 is 12.4. The first-order chi connectivity index (χ1) is 18.9. The maximum Gasteiger partial charge on any atom is 0.407 e. The molecule has 0 radical (unpaired) electrons. The molecular formula is C32H48N2O6Si. The topological polar surface area (TPSA) is 102 Å². The number of hydrogen-bond donors (Lipinski definition) is 1. The summed E-state index contributed by atoms with van der Waals surface area (Å²) in [7, 11) is -1.96. The molecule has 2 aliphatic carbocycles. The van der Waals surface area contributed by atoms with Crippen LogP contribution in [0.2, 0.25) is 18.1 Å². The Labute approximate surface area is 246 Å². The molecule has 1 N–H and O–H groups in total. The summed E-state index contributed by atoms with van der Waals surface area (Å²) in [5.41, 5.74) is 2.06. The minimum atomic E-state index is -1.96. The summed E-state index contributed by atoms with van der Waals surface area (Å²) in [6.45, 7) is 17.3. The first-order valence-electron chi connectivity index (χ1n) is 15.1. The average Bonchev–Trinajstić information content (AvgIpc) is 3.14. The van der Waals surface area contributed by atoms with Crippen molar-refractivity contribution in [2.45, 2.75) is 135 Å². The Kier molecular flexibility index (Phi) is 8.91. The fourth-order valence-electron chi connectivity index (χ4n) is 6.06. The molecule has 3 aliphatic rings. The Hall–Kier alpha value is -2.52. The van der Waals surface area contributed by atoms with Gasteiger partial charge < -0.3 is 19.4 Å². The minimum Gasteiger partial charge on any atom is -0.444 e. The molecule has 0 bridgehead atoms. The lowest BCUT2D eigenvalue weighted by molar-refractivity contribution is -0.133. The molecule has 9 heteroatoms. The SMILES string of the molecule is CC(C)(C)OC(=O)N[C@H]1CC[C@H](O[Si](C)(C)C(C)(C)C)C[C@@H]1Cc1ccc2c(c1)CN([C@H]1CCC(=O)CC1=O)C2=O. The Morgan fingerprint density at radius 3 is 2.39 bits per heavy atom. The number of ketones is 2. The fourth-order valence-corrected chi connectivity index (χ4v) is 7.46. The zero-order chi connectivity index (χ0) is 30.3.